The normalized spacial score (nSPS) is 20.5. The fourth-order valence-electron chi connectivity index (χ4n) is 2.91. The second-order valence-electron chi connectivity index (χ2n) is 6.43. The van der Waals surface area contributed by atoms with Gasteiger partial charge < -0.3 is 14.8 Å². The van der Waals surface area contributed by atoms with Gasteiger partial charge in [0.05, 0.1) is 30.5 Å². The summed E-state index contributed by atoms with van der Waals surface area (Å²) in [7, 11) is 1.70. The lowest BCUT2D eigenvalue weighted by molar-refractivity contribution is 0.0722. The molecule has 0 saturated heterocycles. The Labute approximate surface area is 132 Å². The van der Waals surface area contributed by atoms with Crippen LogP contribution in [0.25, 0.3) is 0 Å². The highest BCUT2D eigenvalue weighted by Gasteiger charge is 2.34. The Morgan fingerprint density at radius 3 is 2.86 bits per heavy atom. The lowest BCUT2D eigenvalue weighted by Crippen LogP contribution is -2.32. The van der Waals surface area contributed by atoms with E-state index in [9.17, 15) is 0 Å². The Bertz CT molecular complexity index is 445. The molecule has 1 N–H and O–H groups in total. The molecular formula is C16H28N2O2S. The number of ether oxygens (including phenoxy) is 2. The number of fused-ring (bicyclic) bond motifs is 1. The summed E-state index contributed by atoms with van der Waals surface area (Å²) in [6.07, 6.45) is 3.19. The molecule has 1 aliphatic carbocycles. The zero-order chi connectivity index (χ0) is 15.3. The van der Waals surface area contributed by atoms with E-state index < -0.39 is 0 Å². The zero-order valence-electron chi connectivity index (χ0n) is 13.7. The van der Waals surface area contributed by atoms with Gasteiger partial charge in [0.2, 0.25) is 0 Å². The minimum atomic E-state index is 0.333. The first-order valence-electron chi connectivity index (χ1n) is 7.84. The lowest BCUT2D eigenvalue weighted by atomic mass is 9.76. The minimum Gasteiger partial charge on any atom is -0.382 e. The molecule has 0 aliphatic heterocycles. The van der Waals surface area contributed by atoms with Gasteiger partial charge >= 0.3 is 0 Å². The SMILES string of the molecule is CCNC1CC(C)(C)Cc2nc(CCOCCOC)sc21. The van der Waals surface area contributed by atoms with Gasteiger partial charge in [-0.3, -0.25) is 0 Å². The van der Waals surface area contributed by atoms with Crippen molar-refractivity contribution in [3.63, 3.8) is 0 Å². The third-order valence-corrected chi connectivity index (χ3v) is 5.10. The van der Waals surface area contributed by atoms with Crippen molar-refractivity contribution >= 4 is 11.3 Å². The third-order valence-electron chi connectivity index (χ3n) is 3.83. The zero-order valence-corrected chi connectivity index (χ0v) is 14.5. The lowest BCUT2D eigenvalue weighted by Gasteiger charge is -2.34. The van der Waals surface area contributed by atoms with Crippen LogP contribution in [-0.2, 0) is 22.3 Å². The van der Waals surface area contributed by atoms with E-state index in [1.165, 1.54) is 22.0 Å². The van der Waals surface area contributed by atoms with Crippen LogP contribution in [0.15, 0.2) is 0 Å². The van der Waals surface area contributed by atoms with Crippen molar-refractivity contribution in [3.05, 3.63) is 15.6 Å². The number of hydrogen-bond donors (Lipinski definition) is 1. The summed E-state index contributed by atoms with van der Waals surface area (Å²) >= 11 is 1.86. The van der Waals surface area contributed by atoms with Gasteiger partial charge in [0.15, 0.2) is 0 Å². The van der Waals surface area contributed by atoms with Crippen LogP contribution in [0.2, 0.25) is 0 Å². The average molecular weight is 312 g/mol. The Morgan fingerprint density at radius 2 is 2.14 bits per heavy atom. The van der Waals surface area contributed by atoms with Crippen LogP contribution in [-0.4, -0.2) is 38.5 Å². The van der Waals surface area contributed by atoms with Crippen molar-refractivity contribution in [2.24, 2.45) is 5.41 Å². The standard InChI is InChI=1S/C16H28N2O2S/c1-5-17-12-10-16(2,3)11-13-15(12)21-14(18-13)6-7-20-9-8-19-4/h12,17H,5-11H2,1-4H3. The highest BCUT2D eigenvalue weighted by atomic mass is 32.1. The van der Waals surface area contributed by atoms with E-state index in [0.717, 1.165) is 26.0 Å². The van der Waals surface area contributed by atoms with Crippen LogP contribution in [0, 0.1) is 5.41 Å². The van der Waals surface area contributed by atoms with Crippen molar-refractivity contribution < 1.29 is 9.47 Å². The molecule has 21 heavy (non-hydrogen) atoms. The maximum absolute atomic E-state index is 5.55. The fourth-order valence-corrected chi connectivity index (χ4v) is 4.05. The fraction of sp³-hybridized carbons (Fsp3) is 0.812. The molecule has 0 saturated carbocycles. The summed E-state index contributed by atoms with van der Waals surface area (Å²) in [6, 6.07) is 0.467. The quantitative estimate of drug-likeness (QED) is 0.750. The molecule has 0 aromatic carbocycles. The van der Waals surface area contributed by atoms with Gasteiger partial charge in [-0.2, -0.15) is 0 Å². The molecule has 5 heteroatoms. The van der Waals surface area contributed by atoms with E-state index in [2.05, 4.69) is 26.1 Å². The number of rotatable bonds is 8. The second kappa shape index (κ2) is 7.68. The number of nitrogens with zero attached hydrogens (tertiary/aromatic N) is 1. The topological polar surface area (TPSA) is 43.4 Å². The smallest absolute Gasteiger partial charge is 0.0954 e. The summed E-state index contributed by atoms with van der Waals surface area (Å²) < 4.78 is 10.5. The Hall–Kier alpha value is -0.490. The van der Waals surface area contributed by atoms with E-state index in [-0.39, 0.29) is 0 Å². The summed E-state index contributed by atoms with van der Waals surface area (Å²) in [5.74, 6) is 0. The van der Waals surface area contributed by atoms with Gasteiger partial charge in [-0.1, -0.05) is 20.8 Å². The van der Waals surface area contributed by atoms with Crippen LogP contribution in [0.5, 0.6) is 0 Å². The number of nitrogens with one attached hydrogen (secondary N) is 1. The number of methoxy groups -OCH3 is 1. The molecule has 1 unspecified atom stereocenters. The molecule has 1 atom stereocenters. The summed E-state index contributed by atoms with van der Waals surface area (Å²) in [5, 5.41) is 4.82. The van der Waals surface area contributed by atoms with Crippen LogP contribution in [0.3, 0.4) is 0 Å². The third kappa shape index (κ3) is 4.74. The molecule has 0 radical (unpaired) electrons. The van der Waals surface area contributed by atoms with Gasteiger partial charge in [-0.05, 0) is 24.8 Å². The molecule has 120 valence electrons. The van der Waals surface area contributed by atoms with Crippen molar-refractivity contribution in [3.8, 4) is 0 Å². The monoisotopic (exact) mass is 312 g/mol. The summed E-state index contributed by atoms with van der Waals surface area (Å²) in [5.41, 5.74) is 1.63. The van der Waals surface area contributed by atoms with E-state index in [1.807, 2.05) is 11.3 Å². The minimum absolute atomic E-state index is 0.333. The molecule has 2 rings (SSSR count). The molecular weight excluding hydrogens is 284 g/mol. The highest BCUT2D eigenvalue weighted by molar-refractivity contribution is 7.11. The highest BCUT2D eigenvalue weighted by Crippen LogP contribution is 2.43. The van der Waals surface area contributed by atoms with Crippen LogP contribution in [0.4, 0.5) is 0 Å². The van der Waals surface area contributed by atoms with Gasteiger partial charge in [0.25, 0.3) is 0 Å². The van der Waals surface area contributed by atoms with Crippen LogP contribution < -0.4 is 5.32 Å². The molecule has 1 aromatic rings. The van der Waals surface area contributed by atoms with E-state index >= 15 is 0 Å². The molecule has 0 spiro atoms. The van der Waals surface area contributed by atoms with E-state index in [4.69, 9.17) is 14.5 Å². The molecule has 1 aliphatic rings. The van der Waals surface area contributed by atoms with E-state index in [1.54, 1.807) is 7.11 Å². The van der Waals surface area contributed by atoms with Crippen molar-refractivity contribution in [1.82, 2.24) is 10.3 Å². The Kier molecular flexibility index (Phi) is 6.17. The van der Waals surface area contributed by atoms with Crippen molar-refractivity contribution in [1.29, 1.82) is 0 Å². The molecule has 0 amide bonds. The largest absolute Gasteiger partial charge is 0.382 e. The van der Waals surface area contributed by atoms with Crippen molar-refractivity contribution in [2.75, 3.05) is 33.5 Å². The first-order valence-corrected chi connectivity index (χ1v) is 8.66. The number of hydrogen-bond acceptors (Lipinski definition) is 5. The maximum Gasteiger partial charge on any atom is 0.0954 e. The molecule has 1 aromatic heterocycles. The van der Waals surface area contributed by atoms with Gasteiger partial charge in [-0.15, -0.1) is 11.3 Å². The van der Waals surface area contributed by atoms with Crippen LogP contribution in [0.1, 0.15) is 48.8 Å². The van der Waals surface area contributed by atoms with Crippen LogP contribution >= 0.6 is 11.3 Å². The van der Waals surface area contributed by atoms with Crippen molar-refractivity contribution in [2.45, 2.75) is 46.1 Å². The first kappa shape index (κ1) is 16.9. The number of thiazole rings is 1. The summed E-state index contributed by atoms with van der Waals surface area (Å²) in [6.45, 7) is 9.91. The second-order valence-corrected chi connectivity index (χ2v) is 7.54. The molecule has 1 heterocycles. The number of aromatic nitrogens is 1. The first-order chi connectivity index (χ1) is 10.1. The predicted octanol–water partition coefficient (Wildman–Crippen LogP) is 2.97. The van der Waals surface area contributed by atoms with Gasteiger partial charge in [0.1, 0.15) is 0 Å². The average Bonchev–Trinajstić information content (AvgIpc) is 2.80. The van der Waals surface area contributed by atoms with Gasteiger partial charge in [-0.25, -0.2) is 4.98 Å². The maximum atomic E-state index is 5.55. The summed E-state index contributed by atoms with van der Waals surface area (Å²) in [4.78, 5) is 6.31. The molecule has 4 nitrogen and oxygen atoms in total. The molecule has 0 fully saturated rings. The Balaban J connectivity index is 1.98. The van der Waals surface area contributed by atoms with E-state index in [0.29, 0.717) is 24.7 Å². The predicted molar refractivity (Wildman–Crippen MR) is 87.0 cm³/mol. The molecule has 0 bridgehead atoms. The Morgan fingerprint density at radius 1 is 1.33 bits per heavy atom. The van der Waals surface area contributed by atoms with Gasteiger partial charge in [0, 0.05) is 24.4 Å².